The summed E-state index contributed by atoms with van der Waals surface area (Å²) in [5.74, 6) is -0.527. The number of amides is 1. The molecular weight excluding hydrogens is 413 g/mol. The molecule has 156 valence electrons. The number of rotatable bonds is 6. The number of carbonyl (C=O) groups excluding carboxylic acids is 1. The number of carbonyl (C=O) groups is 1. The molecule has 0 N–H and O–H groups in total. The molecule has 1 aliphatic carbocycles. The van der Waals surface area contributed by atoms with Gasteiger partial charge in [-0.3, -0.25) is 14.2 Å². The number of nitrogens with zero attached hydrogens (tertiary/aromatic N) is 3. The first-order chi connectivity index (χ1) is 15.1. The zero-order valence-corrected chi connectivity index (χ0v) is 17.5. The molecule has 31 heavy (non-hydrogen) atoms. The van der Waals surface area contributed by atoms with E-state index in [1.165, 1.54) is 28.3 Å². The third-order valence-electron chi connectivity index (χ3n) is 5.49. The highest BCUT2D eigenvalue weighted by Crippen LogP contribution is 2.31. The first-order valence-corrected chi connectivity index (χ1v) is 11.0. The first kappa shape index (κ1) is 19.6. The maximum absolute atomic E-state index is 14.1. The van der Waals surface area contributed by atoms with Crippen LogP contribution in [0.3, 0.4) is 0 Å². The fourth-order valence-corrected chi connectivity index (χ4v) is 4.67. The second-order valence-electron chi connectivity index (χ2n) is 7.72. The van der Waals surface area contributed by atoms with E-state index in [4.69, 9.17) is 0 Å². The van der Waals surface area contributed by atoms with Crippen LogP contribution in [0.15, 0.2) is 71.8 Å². The molecule has 0 aliphatic heterocycles. The second-order valence-corrected chi connectivity index (χ2v) is 8.75. The predicted molar refractivity (Wildman–Crippen MR) is 119 cm³/mol. The summed E-state index contributed by atoms with van der Waals surface area (Å²) in [5.41, 5.74) is 1.27. The van der Waals surface area contributed by atoms with Gasteiger partial charge in [-0.05, 0) is 30.5 Å². The summed E-state index contributed by atoms with van der Waals surface area (Å²) < 4.78 is 15.5. The lowest BCUT2D eigenvalue weighted by Gasteiger charge is -2.23. The van der Waals surface area contributed by atoms with E-state index in [9.17, 15) is 14.0 Å². The van der Waals surface area contributed by atoms with Gasteiger partial charge in [-0.25, -0.2) is 9.37 Å². The van der Waals surface area contributed by atoms with Gasteiger partial charge in [-0.15, -0.1) is 11.3 Å². The molecule has 0 atom stereocenters. The van der Waals surface area contributed by atoms with E-state index in [0.29, 0.717) is 15.8 Å². The molecule has 1 amide bonds. The van der Waals surface area contributed by atoms with Gasteiger partial charge >= 0.3 is 0 Å². The zero-order chi connectivity index (χ0) is 21.4. The number of halogens is 1. The molecule has 1 saturated carbocycles. The Morgan fingerprint density at radius 2 is 1.87 bits per heavy atom. The van der Waals surface area contributed by atoms with Gasteiger partial charge in [0.15, 0.2) is 0 Å². The van der Waals surface area contributed by atoms with E-state index in [0.717, 1.165) is 23.3 Å². The fraction of sp³-hybridized carbons (Fsp3) is 0.208. The molecule has 5 rings (SSSR count). The molecule has 0 radical (unpaired) electrons. The Labute approximate surface area is 182 Å². The summed E-state index contributed by atoms with van der Waals surface area (Å²) in [6, 6.07) is 18.2. The standard InChI is InChI=1S/C24H20FN3O2S/c25-20-9-5-4-8-17(20)13-28(18-10-11-18)22(29)14-27-15-26-23-19(24(27)30)12-21(31-23)16-6-2-1-3-7-16/h1-9,12,15,18H,10-11,13-14H2. The monoisotopic (exact) mass is 433 g/mol. The molecule has 1 fully saturated rings. The smallest absolute Gasteiger partial charge is 0.262 e. The number of fused-ring (bicyclic) bond motifs is 1. The van der Waals surface area contributed by atoms with Crippen LogP contribution in [0.5, 0.6) is 0 Å². The fourth-order valence-electron chi connectivity index (χ4n) is 3.67. The van der Waals surface area contributed by atoms with E-state index in [1.54, 1.807) is 23.1 Å². The minimum atomic E-state index is -0.326. The second kappa shape index (κ2) is 8.07. The molecule has 0 saturated heterocycles. The third-order valence-corrected chi connectivity index (χ3v) is 6.58. The van der Waals surface area contributed by atoms with Crippen LogP contribution >= 0.6 is 11.3 Å². The molecule has 2 aromatic heterocycles. The summed E-state index contributed by atoms with van der Waals surface area (Å²) in [6.45, 7) is 0.0977. The number of benzene rings is 2. The summed E-state index contributed by atoms with van der Waals surface area (Å²) in [6.07, 6.45) is 3.23. The Morgan fingerprint density at radius 3 is 2.61 bits per heavy atom. The van der Waals surface area contributed by atoms with Crippen molar-refractivity contribution in [1.29, 1.82) is 0 Å². The molecule has 4 aromatic rings. The van der Waals surface area contributed by atoms with Crippen LogP contribution in [0.1, 0.15) is 18.4 Å². The van der Waals surface area contributed by atoms with Crippen LogP contribution in [0, 0.1) is 5.82 Å². The normalized spacial score (nSPS) is 13.5. The van der Waals surface area contributed by atoms with Crippen molar-refractivity contribution in [3.05, 3.63) is 88.7 Å². The highest BCUT2D eigenvalue weighted by atomic mass is 32.1. The van der Waals surface area contributed by atoms with Gasteiger partial charge < -0.3 is 4.90 Å². The first-order valence-electron chi connectivity index (χ1n) is 10.2. The summed E-state index contributed by atoms with van der Waals surface area (Å²) >= 11 is 1.46. The van der Waals surface area contributed by atoms with Crippen LogP contribution in [-0.4, -0.2) is 26.4 Å². The molecule has 1 aliphatic rings. The Bertz CT molecular complexity index is 1310. The van der Waals surface area contributed by atoms with Crippen molar-refractivity contribution < 1.29 is 9.18 Å². The van der Waals surface area contributed by atoms with Crippen LogP contribution in [0.2, 0.25) is 0 Å². The number of hydrogen-bond acceptors (Lipinski definition) is 4. The molecule has 5 nitrogen and oxygen atoms in total. The molecular formula is C24H20FN3O2S. The van der Waals surface area contributed by atoms with E-state index >= 15 is 0 Å². The van der Waals surface area contributed by atoms with Crippen molar-refractivity contribution in [3.8, 4) is 10.4 Å². The lowest BCUT2D eigenvalue weighted by Crippen LogP contribution is -2.37. The molecule has 0 spiro atoms. The number of hydrogen-bond donors (Lipinski definition) is 0. The molecule has 7 heteroatoms. The van der Waals surface area contributed by atoms with E-state index in [1.807, 2.05) is 36.4 Å². The highest BCUT2D eigenvalue weighted by Gasteiger charge is 2.33. The molecule has 2 heterocycles. The largest absolute Gasteiger partial charge is 0.334 e. The van der Waals surface area contributed by atoms with E-state index in [-0.39, 0.29) is 36.4 Å². The quantitative estimate of drug-likeness (QED) is 0.451. The van der Waals surface area contributed by atoms with Crippen molar-refractivity contribution in [2.24, 2.45) is 0 Å². The van der Waals surface area contributed by atoms with E-state index < -0.39 is 0 Å². The molecule has 0 bridgehead atoms. The average Bonchev–Trinajstić information content (AvgIpc) is 3.53. The zero-order valence-electron chi connectivity index (χ0n) is 16.7. The topological polar surface area (TPSA) is 55.2 Å². The van der Waals surface area contributed by atoms with E-state index in [2.05, 4.69) is 4.98 Å². The minimum Gasteiger partial charge on any atom is -0.334 e. The van der Waals surface area contributed by atoms with Crippen LogP contribution in [-0.2, 0) is 17.9 Å². The average molecular weight is 434 g/mol. The van der Waals surface area contributed by atoms with Crippen LogP contribution in [0.25, 0.3) is 20.7 Å². The molecule has 0 unspecified atom stereocenters. The summed E-state index contributed by atoms with van der Waals surface area (Å²) in [5, 5.41) is 0.506. The van der Waals surface area contributed by atoms with Crippen LogP contribution < -0.4 is 5.56 Å². The van der Waals surface area contributed by atoms with Crippen molar-refractivity contribution >= 4 is 27.5 Å². The van der Waals surface area contributed by atoms with Gasteiger partial charge in [0, 0.05) is 23.0 Å². The van der Waals surface area contributed by atoms with Crippen molar-refractivity contribution in [2.75, 3.05) is 0 Å². The van der Waals surface area contributed by atoms with Crippen molar-refractivity contribution in [1.82, 2.24) is 14.5 Å². The van der Waals surface area contributed by atoms with Crippen LogP contribution in [0.4, 0.5) is 4.39 Å². The Kier molecular flexibility index (Phi) is 5.11. The van der Waals surface area contributed by atoms with Crippen molar-refractivity contribution in [3.63, 3.8) is 0 Å². The van der Waals surface area contributed by atoms with Gasteiger partial charge in [0.2, 0.25) is 5.91 Å². The lowest BCUT2D eigenvalue weighted by atomic mass is 10.2. The maximum Gasteiger partial charge on any atom is 0.262 e. The number of thiophene rings is 1. The third kappa shape index (κ3) is 4.01. The molecule has 2 aromatic carbocycles. The SMILES string of the molecule is O=C(Cn1cnc2sc(-c3ccccc3)cc2c1=O)N(Cc1ccccc1F)C1CC1. The maximum atomic E-state index is 14.1. The summed E-state index contributed by atoms with van der Waals surface area (Å²) in [7, 11) is 0. The van der Waals surface area contributed by atoms with Gasteiger partial charge in [0.1, 0.15) is 17.2 Å². The highest BCUT2D eigenvalue weighted by molar-refractivity contribution is 7.21. The Morgan fingerprint density at radius 1 is 1.13 bits per heavy atom. The lowest BCUT2D eigenvalue weighted by molar-refractivity contribution is -0.133. The van der Waals surface area contributed by atoms with Gasteiger partial charge in [0.25, 0.3) is 5.56 Å². The number of aromatic nitrogens is 2. The Balaban J connectivity index is 1.41. The van der Waals surface area contributed by atoms with Gasteiger partial charge in [-0.2, -0.15) is 0 Å². The van der Waals surface area contributed by atoms with Gasteiger partial charge in [0.05, 0.1) is 11.7 Å². The van der Waals surface area contributed by atoms with Gasteiger partial charge in [-0.1, -0.05) is 48.5 Å². The van der Waals surface area contributed by atoms with Crippen molar-refractivity contribution in [2.45, 2.75) is 32.0 Å². The Hall–Kier alpha value is -3.32. The summed E-state index contributed by atoms with van der Waals surface area (Å²) in [4.78, 5) is 33.8. The predicted octanol–water partition coefficient (Wildman–Crippen LogP) is 4.46. The minimum absolute atomic E-state index is 0.102.